The molecule has 1 atom stereocenters. The van der Waals surface area contributed by atoms with E-state index in [0.717, 1.165) is 31.8 Å². The van der Waals surface area contributed by atoms with Gasteiger partial charge >= 0.3 is 0 Å². The van der Waals surface area contributed by atoms with Crippen molar-refractivity contribution < 1.29 is 4.79 Å². The van der Waals surface area contributed by atoms with Gasteiger partial charge in [0, 0.05) is 19.5 Å². The van der Waals surface area contributed by atoms with Crippen molar-refractivity contribution in [2.24, 2.45) is 5.92 Å². The van der Waals surface area contributed by atoms with Crippen molar-refractivity contribution in [2.45, 2.75) is 117 Å². The third-order valence-corrected chi connectivity index (χ3v) is 5.58. The molecule has 1 aliphatic rings. The van der Waals surface area contributed by atoms with E-state index in [4.69, 9.17) is 0 Å². The van der Waals surface area contributed by atoms with Gasteiger partial charge in [0.15, 0.2) is 0 Å². The van der Waals surface area contributed by atoms with Gasteiger partial charge in [0.2, 0.25) is 5.91 Å². The van der Waals surface area contributed by atoms with Gasteiger partial charge in [-0.3, -0.25) is 4.79 Å². The number of nitrogens with zero attached hydrogens (tertiary/aromatic N) is 1. The summed E-state index contributed by atoms with van der Waals surface area (Å²) in [6, 6.07) is 0. The van der Waals surface area contributed by atoms with Crippen LogP contribution >= 0.6 is 0 Å². The van der Waals surface area contributed by atoms with Crippen molar-refractivity contribution in [3.05, 3.63) is 0 Å². The Bertz CT molecular complexity index is 302. The summed E-state index contributed by atoms with van der Waals surface area (Å²) in [5, 5.41) is 0. The van der Waals surface area contributed by atoms with Crippen LogP contribution in [0.1, 0.15) is 117 Å². The van der Waals surface area contributed by atoms with Crippen molar-refractivity contribution in [2.75, 3.05) is 13.1 Å². The summed E-state index contributed by atoms with van der Waals surface area (Å²) in [7, 11) is 0. The molecule has 0 saturated carbocycles. The molecule has 2 heteroatoms. The molecule has 2 nitrogen and oxygen atoms in total. The van der Waals surface area contributed by atoms with Crippen molar-refractivity contribution in [1.29, 1.82) is 0 Å². The average Bonchev–Trinajstić information content (AvgIpc) is 2.76. The summed E-state index contributed by atoms with van der Waals surface area (Å²) in [5.41, 5.74) is 0. The highest BCUT2D eigenvalue weighted by atomic mass is 16.2. The molecule has 0 aromatic rings. The molecule has 0 aliphatic carbocycles. The first-order valence-electron chi connectivity index (χ1n) is 11.1. The van der Waals surface area contributed by atoms with E-state index in [0.29, 0.717) is 5.91 Å². The van der Waals surface area contributed by atoms with Crippen LogP contribution in [0, 0.1) is 5.92 Å². The third kappa shape index (κ3) is 10.4. The van der Waals surface area contributed by atoms with E-state index in [1.54, 1.807) is 0 Å². The molecule has 0 aromatic heterocycles. The molecule has 142 valence electrons. The van der Waals surface area contributed by atoms with Crippen molar-refractivity contribution in [1.82, 2.24) is 4.90 Å². The second-order valence-corrected chi connectivity index (χ2v) is 7.92. The van der Waals surface area contributed by atoms with Crippen molar-refractivity contribution in [3.63, 3.8) is 0 Å². The SMILES string of the molecule is CCCCCCCCC1CCCC(=O)N(CCCCCCCC)C1. The Morgan fingerprint density at radius 2 is 1.42 bits per heavy atom. The maximum atomic E-state index is 12.3. The lowest BCUT2D eigenvalue weighted by Crippen LogP contribution is -2.34. The first-order chi connectivity index (χ1) is 11.8. The highest BCUT2D eigenvalue weighted by Gasteiger charge is 2.22. The van der Waals surface area contributed by atoms with Crippen LogP contribution < -0.4 is 0 Å². The molecule has 0 spiro atoms. The monoisotopic (exact) mass is 337 g/mol. The molecule has 1 saturated heterocycles. The molecule has 1 rings (SSSR count). The zero-order valence-electron chi connectivity index (χ0n) is 16.7. The molecule has 1 fully saturated rings. The van der Waals surface area contributed by atoms with E-state index >= 15 is 0 Å². The number of carbonyl (C=O) groups is 1. The molecule has 1 aliphatic heterocycles. The molecule has 1 amide bonds. The molecule has 0 aromatic carbocycles. The highest BCUT2D eigenvalue weighted by Crippen LogP contribution is 2.23. The predicted octanol–water partition coefficient (Wildman–Crippen LogP) is 6.73. The molecule has 1 unspecified atom stereocenters. The van der Waals surface area contributed by atoms with E-state index in [9.17, 15) is 4.79 Å². The fourth-order valence-corrected chi connectivity index (χ4v) is 3.95. The Balaban J connectivity index is 2.17. The summed E-state index contributed by atoms with van der Waals surface area (Å²) in [6.45, 7) is 6.60. The van der Waals surface area contributed by atoms with E-state index in [2.05, 4.69) is 18.7 Å². The maximum Gasteiger partial charge on any atom is 0.222 e. The van der Waals surface area contributed by atoms with Crippen molar-refractivity contribution >= 4 is 5.91 Å². The lowest BCUT2D eigenvalue weighted by Gasteiger charge is -2.25. The number of amides is 1. The number of rotatable bonds is 14. The summed E-state index contributed by atoms with van der Waals surface area (Å²) in [4.78, 5) is 14.5. The van der Waals surface area contributed by atoms with Gasteiger partial charge in [-0.1, -0.05) is 84.5 Å². The molecular formula is C22H43NO. The van der Waals surface area contributed by atoms with Crippen LogP contribution in [0.25, 0.3) is 0 Å². The second kappa shape index (κ2) is 14.8. The minimum Gasteiger partial charge on any atom is -0.342 e. The smallest absolute Gasteiger partial charge is 0.222 e. The van der Waals surface area contributed by atoms with Crippen LogP contribution in [0.5, 0.6) is 0 Å². The Morgan fingerprint density at radius 3 is 2.08 bits per heavy atom. The van der Waals surface area contributed by atoms with Gasteiger partial charge in [-0.2, -0.15) is 0 Å². The normalized spacial score (nSPS) is 18.8. The summed E-state index contributed by atoms with van der Waals surface area (Å²) in [6.07, 6.45) is 20.7. The van der Waals surface area contributed by atoms with Crippen molar-refractivity contribution in [3.8, 4) is 0 Å². The average molecular weight is 338 g/mol. The van der Waals surface area contributed by atoms with Crippen LogP contribution in [0.4, 0.5) is 0 Å². The fourth-order valence-electron chi connectivity index (χ4n) is 3.95. The lowest BCUT2D eigenvalue weighted by molar-refractivity contribution is -0.131. The van der Waals surface area contributed by atoms with Crippen LogP contribution in [0.3, 0.4) is 0 Å². The Kier molecular flexibility index (Phi) is 13.3. The first kappa shape index (κ1) is 21.5. The van der Waals surface area contributed by atoms with Gasteiger partial charge in [-0.25, -0.2) is 0 Å². The summed E-state index contributed by atoms with van der Waals surface area (Å²) < 4.78 is 0. The molecule has 24 heavy (non-hydrogen) atoms. The van der Waals surface area contributed by atoms with Gasteiger partial charge in [0.05, 0.1) is 0 Å². The van der Waals surface area contributed by atoms with E-state index in [-0.39, 0.29) is 0 Å². The summed E-state index contributed by atoms with van der Waals surface area (Å²) in [5.74, 6) is 1.19. The lowest BCUT2D eigenvalue weighted by atomic mass is 9.95. The third-order valence-electron chi connectivity index (χ3n) is 5.58. The standard InChI is InChI=1S/C22H43NO/c1-3-5-7-9-11-13-16-21-17-15-18-22(24)23(20-21)19-14-12-10-8-6-4-2/h21H,3-20H2,1-2H3. The van der Waals surface area contributed by atoms with E-state index in [1.807, 2.05) is 0 Å². The topological polar surface area (TPSA) is 20.3 Å². The highest BCUT2D eigenvalue weighted by molar-refractivity contribution is 5.76. The van der Waals surface area contributed by atoms with Gasteiger partial charge in [0.1, 0.15) is 0 Å². The van der Waals surface area contributed by atoms with Gasteiger partial charge < -0.3 is 4.90 Å². The number of hydrogen-bond donors (Lipinski definition) is 0. The van der Waals surface area contributed by atoms with E-state index in [1.165, 1.54) is 89.9 Å². The van der Waals surface area contributed by atoms with Crippen LogP contribution in [0.15, 0.2) is 0 Å². The van der Waals surface area contributed by atoms with Crippen LogP contribution in [0.2, 0.25) is 0 Å². The molecular weight excluding hydrogens is 294 g/mol. The molecule has 0 radical (unpaired) electrons. The predicted molar refractivity (Wildman–Crippen MR) is 105 cm³/mol. The first-order valence-corrected chi connectivity index (χ1v) is 11.1. The van der Waals surface area contributed by atoms with Crippen LogP contribution in [-0.4, -0.2) is 23.9 Å². The Morgan fingerprint density at radius 1 is 0.833 bits per heavy atom. The molecule has 0 bridgehead atoms. The van der Waals surface area contributed by atoms with Gasteiger partial charge in [0.25, 0.3) is 0 Å². The fraction of sp³-hybridized carbons (Fsp3) is 0.955. The largest absolute Gasteiger partial charge is 0.342 e. The number of likely N-dealkylation sites (tertiary alicyclic amines) is 1. The maximum absolute atomic E-state index is 12.3. The Hall–Kier alpha value is -0.530. The molecule has 1 heterocycles. The molecule has 0 N–H and O–H groups in total. The minimum absolute atomic E-state index is 0.425. The Labute approximate surface area is 151 Å². The van der Waals surface area contributed by atoms with Crippen LogP contribution in [-0.2, 0) is 4.79 Å². The number of unbranched alkanes of at least 4 members (excludes halogenated alkanes) is 10. The second-order valence-electron chi connectivity index (χ2n) is 7.92. The number of hydrogen-bond acceptors (Lipinski definition) is 1. The van der Waals surface area contributed by atoms with Gasteiger partial charge in [-0.15, -0.1) is 0 Å². The minimum atomic E-state index is 0.425. The van der Waals surface area contributed by atoms with E-state index < -0.39 is 0 Å². The zero-order valence-corrected chi connectivity index (χ0v) is 16.7. The number of carbonyl (C=O) groups excluding carboxylic acids is 1. The van der Waals surface area contributed by atoms with Gasteiger partial charge in [-0.05, 0) is 31.6 Å². The zero-order chi connectivity index (χ0) is 17.5. The summed E-state index contributed by atoms with van der Waals surface area (Å²) >= 11 is 0. The quantitative estimate of drug-likeness (QED) is 0.322.